The topological polar surface area (TPSA) is 132 Å². The first-order valence-corrected chi connectivity index (χ1v) is 13.1. The van der Waals surface area contributed by atoms with E-state index in [2.05, 4.69) is 15.6 Å². The number of benzene rings is 1. The van der Waals surface area contributed by atoms with Gasteiger partial charge in [-0.2, -0.15) is 0 Å². The molecule has 1 saturated heterocycles. The number of aliphatic hydroxyl groups excluding tert-OH is 2. The molecular weight excluding hydrogens is 480 g/mol. The van der Waals surface area contributed by atoms with Gasteiger partial charge in [-0.05, 0) is 23.5 Å². The largest absolute Gasteiger partial charge is 0.391 e. The van der Waals surface area contributed by atoms with Crippen LogP contribution in [-0.4, -0.2) is 62.6 Å². The monoisotopic (exact) mass is 516 g/mol. The standard InChI is InChI=1S/C26H36N4O5S/c1-6-21(33)29-23(26(3,4)5)25(35)30-12-18(32)11-20(30)24(34)28-15(2)16-7-9-17(10-8-16)22-19(13-31)27-14-36-22/h7-10,14-15,18,20,23,31-32H,6,11-13H2,1-5H3,(H,28,34)(H,29,33). The van der Waals surface area contributed by atoms with Crippen LogP contribution in [0.25, 0.3) is 10.4 Å². The van der Waals surface area contributed by atoms with E-state index in [1.165, 1.54) is 16.2 Å². The zero-order valence-electron chi connectivity index (χ0n) is 21.4. The molecule has 0 bridgehead atoms. The summed E-state index contributed by atoms with van der Waals surface area (Å²) in [5.41, 5.74) is 3.56. The molecule has 1 aliphatic rings. The van der Waals surface area contributed by atoms with Gasteiger partial charge in [-0.1, -0.05) is 52.0 Å². The van der Waals surface area contributed by atoms with Crippen molar-refractivity contribution in [1.29, 1.82) is 0 Å². The molecule has 36 heavy (non-hydrogen) atoms. The van der Waals surface area contributed by atoms with Crippen LogP contribution in [0.15, 0.2) is 29.8 Å². The molecule has 0 aliphatic carbocycles. The van der Waals surface area contributed by atoms with Gasteiger partial charge < -0.3 is 25.7 Å². The molecule has 9 nitrogen and oxygen atoms in total. The lowest BCUT2D eigenvalue weighted by Gasteiger charge is -2.35. The Kier molecular flexibility index (Phi) is 8.86. The van der Waals surface area contributed by atoms with Crippen molar-refractivity contribution >= 4 is 29.1 Å². The van der Waals surface area contributed by atoms with Gasteiger partial charge in [-0.15, -0.1) is 11.3 Å². The normalized spacial score (nSPS) is 19.6. The third kappa shape index (κ3) is 6.29. The Morgan fingerprint density at radius 2 is 1.86 bits per heavy atom. The van der Waals surface area contributed by atoms with E-state index in [-0.39, 0.29) is 49.8 Å². The van der Waals surface area contributed by atoms with Gasteiger partial charge >= 0.3 is 0 Å². The van der Waals surface area contributed by atoms with E-state index in [4.69, 9.17) is 0 Å². The van der Waals surface area contributed by atoms with Crippen LogP contribution in [0.4, 0.5) is 0 Å². The Morgan fingerprint density at radius 1 is 1.19 bits per heavy atom. The van der Waals surface area contributed by atoms with E-state index in [1.807, 2.05) is 52.0 Å². The highest BCUT2D eigenvalue weighted by atomic mass is 32.1. The van der Waals surface area contributed by atoms with Crippen molar-refractivity contribution in [3.8, 4) is 10.4 Å². The molecule has 0 saturated carbocycles. The number of thiazole rings is 1. The summed E-state index contributed by atoms with van der Waals surface area (Å²) in [6.07, 6.45) is -0.439. The number of β-amino-alcohol motifs (C(OH)–C–C–N with tert-alkyl or cyclic N) is 1. The number of amides is 3. The molecule has 3 rings (SSSR count). The molecule has 2 aromatic rings. The molecule has 1 aromatic heterocycles. The Bertz CT molecular complexity index is 1080. The molecule has 3 amide bonds. The molecule has 4 atom stereocenters. The first kappa shape index (κ1) is 27.8. The third-order valence-corrected chi connectivity index (χ3v) is 7.34. The van der Waals surface area contributed by atoms with Gasteiger partial charge in [0.2, 0.25) is 17.7 Å². The van der Waals surface area contributed by atoms with Gasteiger partial charge in [0.05, 0.1) is 34.8 Å². The number of nitrogens with zero attached hydrogens (tertiary/aromatic N) is 2. The number of rotatable bonds is 8. The van der Waals surface area contributed by atoms with Crippen molar-refractivity contribution in [2.75, 3.05) is 6.54 Å². The lowest BCUT2D eigenvalue weighted by molar-refractivity contribution is -0.144. The van der Waals surface area contributed by atoms with Gasteiger partial charge in [-0.25, -0.2) is 4.98 Å². The van der Waals surface area contributed by atoms with E-state index >= 15 is 0 Å². The summed E-state index contributed by atoms with van der Waals surface area (Å²) in [5, 5.41) is 25.5. The summed E-state index contributed by atoms with van der Waals surface area (Å²) in [5.74, 6) is -0.969. The summed E-state index contributed by atoms with van der Waals surface area (Å²) in [4.78, 5) is 45.2. The average Bonchev–Trinajstić information content (AvgIpc) is 3.47. The Morgan fingerprint density at radius 3 is 2.44 bits per heavy atom. The molecule has 0 spiro atoms. The molecule has 0 radical (unpaired) electrons. The van der Waals surface area contributed by atoms with Crippen LogP contribution in [0.5, 0.6) is 0 Å². The zero-order chi connectivity index (χ0) is 26.6. The highest BCUT2D eigenvalue weighted by Crippen LogP contribution is 2.30. The van der Waals surface area contributed by atoms with Gasteiger partial charge in [0.15, 0.2) is 0 Å². The number of carbonyl (C=O) groups excluding carboxylic acids is 3. The second kappa shape index (κ2) is 11.5. The zero-order valence-corrected chi connectivity index (χ0v) is 22.3. The molecule has 1 aromatic carbocycles. The summed E-state index contributed by atoms with van der Waals surface area (Å²) in [7, 11) is 0. The van der Waals surface area contributed by atoms with E-state index in [0.29, 0.717) is 5.69 Å². The first-order chi connectivity index (χ1) is 17.0. The lowest BCUT2D eigenvalue weighted by Crippen LogP contribution is -2.57. The lowest BCUT2D eigenvalue weighted by atomic mass is 9.85. The Balaban J connectivity index is 1.73. The number of aliphatic hydroxyl groups is 2. The van der Waals surface area contributed by atoms with Crippen molar-refractivity contribution in [1.82, 2.24) is 20.5 Å². The molecular formula is C26H36N4O5S. The average molecular weight is 517 g/mol. The number of nitrogens with one attached hydrogen (secondary N) is 2. The van der Waals surface area contributed by atoms with Crippen LogP contribution in [0.2, 0.25) is 0 Å². The minimum absolute atomic E-state index is 0.0383. The fraction of sp³-hybridized carbons (Fsp3) is 0.538. The van der Waals surface area contributed by atoms with Crippen LogP contribution < -0.4 is 10.6 Å². The second-order valence-electron chi connectivity index (χ2n) is 10.3. The van der Waals surface area contributed by atoms with Crippen molar-refractivity contribution < 1.29 is 24.6 Å². The van der Waals surface area contributed by atoms with Crippen LogP contribution in [0.3, 0.4) is 0 Å². The van der Waals surface area contributed by atoms with E-state index < -0.39 is 23.6 Å². The van der Waals surface area contributed by atoms with Crippen molar-refractivity contribution in [3.05, 3.63) is 41.0 Å². The molecule has 196 valence electrons. The molecule has 2 heterocycles. The number of carbonyl (C=O) groups is 3. The maximum atomic E-state index is 13.5. The molecule has 1 fully saturated rings. The summed E-state index contributed by atoms with van der Waals surface area (Å²) in [6.45, 7) is 9.05. The fourth-order valence-corrected chi connectivity index (χ4v) is 5.13. The Labute approximate surface area is 215 Å². The first-order valence-electron chi connectivity index (χ1n) is 12.2. The number of likely N-dealkylation sites (tertiary alicyclic amines) is 1. The number of hydrogen-bond acceptors (Lipinski definition) is 7. The quantitative estimate of drug-likeness (QED) is 0.426. The van der Waals surface area contributed by atoms with E-state index in [1.54, 1.807) is 12.4 Å². The minimum Gasteiger partial charge on any atom is -0.391 e. The van der Waals surface area contributed by atoms with Crippen LogP contribution in [0.1, 0.15) is 64.8 Å². The van der Waals surface area contributed by atoms with E-state index in [0.717, 1.165) is 16.0 Å². The minimum atomic E-state index is -0.832. The number of aromatic nitrogens is 1. The van der Waals surface area contributed by atoms with Crippen molar-refractivity contribution in [3.63, 3.8) is 0 Å². The highest BCUT2D eigenvalue weighted by molar-refractivity contribution is 7.13. The fourth-order valence-electron chi connectivity index (χ4n) is 4.32. The second-order valence-corrected chi connectivity index (χ2v) is 11.1. The summed E-state index contributed by atoms with van der Waals surface area (Å²) < 4.78 is 0. The predicted molar refractivity (Wildman–Crippen MR) is 138 cm³/mol. The van der Waals surface area contributed by atoms with Gasteiger partial charge in [0.25, 0.3) is 0 Å². The van der Waals surface area contributed by atoms with Crippen molar-refractivity contribution in [2.24, 2.45) is 5.41 Å². The van der Waals surface area contributed by atoms with Crippen LogP contribution >= 0.6 is 11.3 Å². The predicted octanol–water partition coefficient (Wildman–Crippen LogP) is 2.38. The summed E-state index contributed by atoms with van der Waals surface area (Å²) in [6, 6.07) is 5.67. The van der Waals surface area contributed by atoms with Crippen LogP contribution in [0, 0.1) is 5.41 Å². The number of hydrogen-bond donors (Lipinski definition) is 4. The molecule has 4 unspecified atom stereocenters. The van der Waals surface area contributed by atoms with Gasteiger partial charge in [-0.3, -0.25) is 14.4 Å². The molecule has 10 heteroatoms. The highest BCUT2D eigenvalue weighted by Gasteiger charge is 2.44. The third-order valence-electron chi connectivity index (χ3n) is 6.43. The maximum Gasteiger partial charge on any atom is 0.246 e. The Hall–Kier alpha value is -2.82. The van der Waals surface area contributed by atoms with Gasteiger partial charge in [0, 0.05) is 19.4 Å². The van der Waals surface area contributed by atoms with E-state index in [9.17, 15) is 24.6 Å². The molecule has 1 aliphatic heterocycles. The smallest absolute Gasteiger partial charge is 0.246 e. The van der Waals surface area contributed by atoms with Gasteiger partial charge in [0.1, 0.15) is 12.1 Å². The summed E-state index contributed by atoms with van der Waals surface area (Å²) >= 11 is 1.45. The van der Waals surface area contributed by atoms with Crippen LogP contribution in [-0.2, 0) is 21.0 Å². The maximum absolute atomic E-state index is 13.5. The molecule has 4 N–H and O–H groups in total. The SMILES string of the molecule is CCC(=O)NC(C(=O)N1CC(O)CC1C(=O)NC(C)c1ccc(-c2scnc2CO)cc1)C(C)(C)C. The van der Waals surface area contributed by atoms with Crippen molar-refractivity contribution in [2.45, 2.75) is 78.3 Å².